The number of hydrogen-bond donors (Lipinski definition) is 2. The molecule has 10 heteroatoms. The summed E-state index contributed by atoms with van der Waals surface area (Å²) in [7, 11) is -1.11. The molecule has 9 nitrogen and oxygen atoms in total. The van der Waals surface area contributed by atoms with E-state index in [4.69, 9.17) is 20.0 Å². The van der Waals surface area contributed by atoms with Gasteiger partial charge in [-0.25, -0.2) is 13.6 Å². The van der Waals surface area contributed by atoms with Crippen LogP contribution in [0.15, 0.2) is 64.7 Å². The van der Waals surface area contributed by atoms with Crippen LogP contribution in [0, 0.1) is 16.7 Å². The number of hydrogen-bond acceptors (Lipinski definition) is 7. The molecule has 0 bridgehead atoms. The number of ether oxygens (including phenoxy) is 2. The zero-order valence-electron chi connectivity index (χ0n) is 20.6. The van der Waals surface area contributed by atoms with Gasteiger partial charge in [-0.05, 0) is 53.8 Å². The van der Waals surface area contributed by atoms with E-state index in [9.17, 15) is 18.0 Å². The summed E-state index contributed by atoms with van der Waals surface area (Å²) >= 11 is 0. The minimum atomic E-state index is -3.92. The van der Waals surface area contributed by atoms with E-state index in [1.165, 1.54) is 31.4 Å². The summed E-state index contributed by atoms with van der Waals surface area (Å²) in [4.78, 5) is 28.3. The SMILES string of the molecule is COC(=O)C1C(=N)N(c2ccc(S(N)(=O)=O)cc2)C2=C(C(=O)CC(C)(C)C2)C1c1ccc(OC)cc1. The highest BCUT2D eigenvalue weighted by atomic mass is 32.2. The lowest BCUT2D eigenvalue weighted by molar-refractivity contribution is -0.143. The van der Waals surface area contributed by atoms with Crippen LogP contribution in [0.2, 0.25) is 0 Å². The summed E-state index contributed by atoms with van der Waals surface area (Å²) in [5.41, 5.74) is 1.84. The molecule has 1 heterocycles. The molecule has 0 fully saturated rings. The third kappa shape index (κ3) is 4.54. The lowest BCUT2D eigenvalue weighted by atomic mass is 9.66. The van der Waals surface area contributed by atoms with Gasteiger partial charge in [-0.3, -0.25) is 15.0 Å². The van der Waals surface area contributed by atoms with Gasteiger partial charge in [0.05, 0.1) is 19.1 Å². The molecule has 3 N–H and O–H groups in total. The quantitative estimate of drug-likeness (QED) is 0.587. The molecule has 0 saturated carbocycles. The largest absolute Gasteiger partial charge is 0.497 e. The number of ketones is 1. The molecule has 0 saturated heterocycles. The van der Waals surface area contributed by atoms with Crippen LogP contribution in [-0.4, -0.2) is 40.2 Å². The van der Waals surface area contributed by atoms with Gasteiger partial charge < -0.3 is 14.4 Å². The van der Waals surface area contributed by atoms with Crippen molar-refractivity contribution in [3.8, 4) is 5.75 Å². The van der Waals surface area contributed by atoms with E-state index in [0.717, 1.165) is 0 Å². The molecule has 1 aliphatic heterocycles. The molecular weight excluding hydrogens is 482 g/mol. The molecule has 36 heavy (non-hydrogen) atoms. The number of carbonyl (C=O) groups excluding carboxylic acids is 2. The van der Waals surface area contributed by atoms with E-state index >= 15 is 0 Å². The molecule has 4 rings (SSSR count). The number of amidine groups is 1. The molecule has 2 aromatic rings. The predicted molar refractivity (Wildman–Crippen MR) is 134 cm³/mol. The zero-order valence-corrected chi connectivity index (χ0v) is 21.4. The van der Waals surface area contributed by atoms with Gasteiger partial charge >= 0.3 is 5.97 Å². The molecule has 0 spiro atoms. The number of anilines is 1. The smallest absolute Gasteiger partial charge is 0.317 e. The molecule has 2 atom stereocenters. The van der Waals surface area contributed by atoms with Crippen LogP contribution >= 0.6 is 0 Å². The van der Waals surface area contributed by atoms with Crippen molar-refractivity contribution in [2.75, 3.05) is 19.1 Å². The number of sulfonamides is 1. The van der Waals surface area contributed by atoms with Crippen LogP contribution in [-0.2, 0) is 24.3 Å². The second-order valence-electron chi connectivity index (χ2n) is 9.81. The van der Waals surface area contributed by atoms with E-state index < -0.39 is 27.8 Å². The average molecular weight is 512 g/mol. The average Bonchev–Trinajstić information content (AvgIpc) is 2.82. The van der Waals surface area contributed by atoms with Crippen molar-refractivity contribution in [3.05, 3.63) is 65.4 Å². The topological polar surface area (TPSA) is 140 Å². The van der Waals surface area contributed by atoms with Crippen molar-refractivity contribution in [2.45, 2.75) is 37.5 Å². The fraction of sp³-hybridized carbons (Fsp3) is 0.346. The molecule has 2 aromatic carbocycles. The third-order valence-corrected chi connectivity index (χ3v) is 7.63. The summed E-state index contributed by atoms with van der Waals surface area (Å²) in [6.07, 6.45) is 0.770. The van der Waals surface area contributed by atoms with Crippen molar-refractivity contribution < 1.29 is 27.5 Å². The Bertz CT molecular complexity index is 1360. The van der Waals surface area contributed by atoms with Crippen molar-refractivity contribution in [1.29, 1.82) is 5.41 Å². The first kappa shape index (κ1) is 25.6. The Morgan fingerprint density at radius 1 is 1.06 bits per heavy atom. The maximum absolute atomic E-state index is 13.6. The molecule has 2 unspecified atom stereocenters. The van der Waals surface area contributed by atoms with Gasteiger partial charge in [-0.1, -0.05) is 26.0 Å². The van der Waals surface area contributed by atoms with E-state index in [1.54, 1.807) is 36.3 Å². The maximum atomic E-state index is 13.6. The Balaban J connectivity index is 1.97. The minimum Gasteiger partial charge on any atom is -0.497 e. The van der Waals surface area contributed by atoms with E-state index in [0.29, 0.717) is 34.7 Å². The van der Waals surface area contributed by atoms with Gasteiger partial charge in [0.15, 0.2) is 5.78 Å². The molecule has 0 amide bonds. The number of allylic oxidation sites excluding steroid dienone is 2. The second-order valence-corrected chi connectivity index (χ2v) is 11.4. The fourth-order valence-electron chi connectivity index (χ4n) is 5.09. The number of rotatable bonds is 5. The van der Waals surface area contributed by atoms with Gasteiger partial charge in [-0.15, -0.1) is 0 Å². The highest BCUT2D eigenvalue weighted by Gasteiger charge is 2.50. The number of nitrogens with zero attached hydrogens (tertiary/aromatic N) is 1. The Hall–Kier alpha value is -3.50. The summed E-state index contributed by atoms with van der Waals surface area (Å²) in [6, 6.07) is 12.8. The van der Waals surface area contributed by atoms with Gasteiger partial charge in [0, 0.05) is 29.3 Å². The van der Waals surface area contributed by atoms with Gasteiger partial charge in [0.1, 0.15) is 17.5 Å². The van der Waals surface area contributed by atoms with E-state index in [1.807, 2.05) is 13.8 Å². The maximum Gasteiger partial charge on any atom is 0.317 e. The van der Waals surface area contributed by atoms with Crippen LogP contribution in [0.3, 0.4) is 0 Å². The fourth-order valence-corrected chi connectivity index (χ4v) is 5.60. The first-order valence-corrected chi connectivity index (χ1v) is 12.9. The van der Waals surface area contributed by atoms with Crippen molar-refractivity contribution >= 4 is 33.3 Å². The Morgan fingerprint density at radius 3 is 2.19 bits per heavy atom. The van der Waals surface area contributed by atoms with Gasteiger partial charge in [0.2, 0.25) is 10.0 Å². The highest BCUT2D eigenvalue weighted by molar-refractivity contribution is 7.89. The normalized spacial score (nSPS) is 21.8. The number of primary sulfonamides is 1. The number of nitrogens with one attached hydrogen (secondary N) is 1. The summed E-state index contributed by atoms with van der Waals surface area (Å²) < 4.78 is 33.9. The van der Waals surface area contributed by atoms with Crippen molar-refractivity contribution in [3.63, 3.8) is 0 Å². The van der Waals surface area contributed by atoms with Crippen LogP contribution in [0.5, 0.6) is 5.75 Å². The highest BCUT2D eigenvalue weighted by Crippen LogP contribution is 2.50. The van der Waals surface area contributed by atoms with Crippen LogP contribution in [0.1, 0.15) is 38.2 Å². The third-order valence-electron chi connectivity index (χ3n) is 6.70. The Kier molecular flexibility index (Phi) is 6.52. The van der Waals surface area contributed by atoms with Crippen LogP contribution in [0.25, 0.3) is 0 Å². The number of esters is 1. The number of benzene rings is 2. The Labute approximate surface area is 210 Å². The number of nitrogens with two attached hydrogens (primary N) is 1. The van der Waals surface area contributed by atoms with Crippen molar-refractivity contribution in [2.24, 2.45) is 16.5 Å². The number of Topliss-reactive ketones (excluding diaryl/α,β-unsaturated/α-hetero) is 1. The lowest BCUT2D eigenvalue weighted by Gasteiger charge is -2.46. The molecule has 190 valence electrons. The molecule has 2 aliphatic rings. The lowest BCUT2D eigenvalue weighted by Crippen LogP contribution is -2.51. The standard InChI is InChI=1S/C26H29N3O6S/c1-26(2)13-19-22(20(30)14-26)21(15-5-9-17(34-3)10-6-15)23(25(31)35-4)24(27)29(19)16-7-11-18(12-8-16)36(28,32)33/h5-12,21,23,27H,13-14H2,1-4H3,(H2,28,32,33). The summed E-state index contributed by atoms with van der Waals surface area (Å²) in [5, 5.41) is 14.4. The van der Waals surface area contributed by atoms with E-state index in [-0.39, 0.29) is 28.4 Å². The van der Waals surface area contributed by atoms with Gasteiger partial charge in [0.25, 0.3) is 0 Å². The first-order chi connectivity index (χ1) is 16.9. The van der Waals surface area contributed by atoms with Gasteiger partial charge in [-0.2, -0.15) is 0 Å². The van der Waals surface area contributed by atoms with Crippen LogP contribution < -0.4 is 14.8 Å². The number of carbonyl (C=O) groups is 2. The molecule has 0 aromatic heterocycles. The molecule has 1 aliphatic carbocycles. The molecule has 0 radical (unpaired) electrons. The second kappa shape index (κ2) is 9.18. The van der Waals surface area contributed by atoms with E-state index in [2.05, 4.69) is 0 Å². The number of methoxy groups -OCH3 is 2. The summed E-state index contributed by atoms with van der Waals surface area (Å²) in [6.45, 7) is 3.96. The van der Waals surface area contributed by atoms with Crippen LogP contribution in [0.4, 0.5) is 5.69 Å². The predicted octanol–water partition coefficient (Wildman–Crippen LogP) is 3.36. The minimum absolute atomic E-state index is 0.0599. The monoisotopic (exact) mass is 511 g/mol. The Morgan fingerprint density at radius 2 is 1.67 bits per heavy atom. The zero-order chi connectivity index (χ0) is 26.4. The van der Waals surface area contributed by atoms with Crippen molar-refractivity contribution in [1.82, 2.24) is 0 Å². The summed E-state index contributed by atoms with van der Waals surface area (Å²) in [5.74, 6) is -1.98. The molecular formula is C26H29N3O6S. The first-order valence-electron chi connectivity index (χ1n) is 11.4.